The average molecular weight is 489 g/mol. The minimum absolute atomic E-state index is 0.0755. The van der Waals surface area contributed by atoms with E-state index in [0.717, 1.165) is 6.42 Å². The van der Waals surface area contributed by atoms with E-state index in [1.54, 1.807) is 47.3 Å². The molecule has 1 aromatic rings. The van der Waals surface area contributed by atoms with Crippen molar-refractivity contribution in [1.82, 2.24) is 4.90 Å². The first kappa shape index (κ1) is 24.6. The fourth-order valence-corrected chi connectivity index (χ4v) is 8.09. The number of hydrogen-bond acceptors (Lipinski definition) is 6. The second kappa shape index (κ2) is 10.00. The van der Waals surface area contributed by atoms with Crippen LogP contribution in [-0.4, -0.2) is 75.7 Å². The van der Waals surface area contributed by atoms with Crippen molar-refractivity contribution in [3.8, 4) is 5.75 Å². The standard InChI is InChI=1S/C25H32N2O6S/c1-3-13-26(16-7-9-17(33-2)10-8-16)23(30)21-25-12-11-18(34-25)19(24(31)32)20(25)22(29)27(21)14-5-4-6-15-28/h3,7-10,18-21,28H,1,4-6,11-15H2,2H3,(H,31,32)/t18-,19+,20+,21?,25?/m1/s1. The van der Waals surface area contributed by atoms with Crippen LogP contribution in [0.25, 0.3) is 0 Å². The van der Waals surface area contributed by atoms with Crippen LogP contribution in [0.5, 0.6) is 5.75 Å². The van der Waals surface area contributed by atoms with E-state index in [4.69, 9.17) is 9.84 Å². The Morgan fingerprint density at radius 1 is 1.29 bits per heavy atom. The minimum Gasteiger partial charge on any atom is -0.497 e. The Balaban J connectivity index is 1.71. The number of rotatable bonds is 11. The van der Waals surface area contributed by atoms with Crippen LogP contribution in [0.15, 0.2) is 36.9 Å². The molecule has 3 aliphatic rings. The van der Waals surface area contributed by atoms with Gasteiger partial charge in [-0.05, 0) is 56.4 Å². The highest BCUT2D eigenvalue weighted by Gasteiger charge is 2.73. The molecule has 9 heteroatoms. The van der Waals surface area contributed by atoms with Gasteiger partial charge in [-0.15, -0.1) is 18.3 Å². The number of hydrogen-bond donors (Lipinski definition) is 2. The lowest BCUT2D eigenvalue weighted by molar-refractivity contribution is -0.148. The SMILES string of the molecule is C=CCN(C(=O)C1N(CCCCCO)C(=O)[C@@H]2[C@@H](C(=O)O)[C@H]3CCC12S3)c1ccc(OC)cc1. The number of aliphatic hydroxyl groups is 1. The van der Waals surface area contributed by atoms with Crippen molar-refractivity contribution in [2.75, 3.05) is 31.7 Å². The van der Waals surface area contributed by atoms with Crippen LogP contribution in [0.3, 0.4) is 0 Å². The third-order valence-electron chi connectivity index (χ3n) is 7.34. The van der Waals surface area contributed by atoms with Crippen LogP contribution in [0.4, 0.5) is 5.69 Å². The highest BCUT2D eigenvalue weighted by molar-refractivity contribution is 8.02. The van der Waals surface area contributed by atoms with E-state index >= 15 is 0 Å². The number of amides is 2. The van der Waals surface area contributed by atoms with Crippen molar-refractivity contribution >= 4 is 35.2 Å². The second-order valence-electron chi connectivity index (χ2n) is 9.15. The van der Waals surface area contributed by atoms with E-state index in [1.165, 1.54) is 11.8 Å². The first-order chi connectivity index (χ1) is 16.4. The van der Waals surface area contributed by atoms with Crippen LogP contribution in [0, 0.1) is 11.8 Å². The molecule has 184 valence electrons. The summed E-state index contributed by atoms with van der Waals surface area (Å²) in [5.41, 5.74) is 0.672. The molecule has 0 saturated carbocycles. The lowest BCUT2D eigenvalue weighted by Gasteiger charge is -2.37. The number of methoxy groups -OCH3 is 1. The quantitative estimate of drug-likeness (QED) is 0.364. The van der Waals surface area contributed by atoms with E-state index in [-0.39, 0.29) is 30.2 Å². The zero-order chi connectivity index (χ0) is 24.5. The smallest absolute Gasteiger partial charge is 0.308 e. The predicted molar refractivity (Wildman–Crippen MR) is 130 cm³/mol. The summed E-state index contributed by atoms with van der Waals surface area (Å²) in [4.78, 5) is 43.3. The van der Waals surface area contributed by atoms with E-state index in [1.807, 2.05) is 0 Å². The first-order valence-corrected chi connectivity index (χ1v) is 12.7. The van der Waals surface area contributed by atoms with E-state index in [0.29, 0.717) is 43.7 Å². The lowest BCUT2D eigenvalue weighted by atomic mass is 9.71. The maximum Gasteiger partial charge on any atom is 0.308 e. The molecular formula is C25H32N2O6S. The molecule has 2 N–H and O–H groups in total. The molecular weight excluding hydrogens is 456 g/mol. The maximum atomic E-state index is 14.2. The summed E-state index contributed by atoms with van der Waals surface area (Å²) in [6, 6.07) is 6.43. The van der Waals surface area contributed by atoms with Gasteiger partial charge >= 0.3 is 5.97 Å². The van der Waals surface area contributed by atoms with Gasteiger partial charge < -0.3 is 24.7 Å². The van der Waals surface area contributed by atoms with E-state index < -0.39 is 28.6 Å². The average Bonchev–Trinajstić information content (AvgIpc) is 3.47. The summed E-state index contributed by atoms with van der Waals surface area (Å²) in [7, 11) is 1.58. The van der Waals surface area contributed by atoms with Crippen molar-refractivity contribution < 1.29 is 29.3 Å². The molecule has 3 fully saturated rings. The Kier molecular flexibility index (Phi) is 7.23. The molecule has 3 aliphatic heterocycles. The van der Waals surface area contributed by atoms with Gasteiger partial charge in [0.15, 0.2) is 0 Å². The van der Waals surface area contributed by atoms with Gasteiger partial charge in [0, 0.05) is 30.6 Å². The summed E-state index contributed by atoms with van der Waals surface area (Å²) in [6.07, 6.45) is 4.99. The number of ether oxygens (including phenoxy) is 1. The number of likely N-dealkylation sites (tertiary alicyclic amines) is 1. The fourth-order valence-electron chi connectivity index (χ4n) is 5.89. The molecule has 34 heavy (non-hydrogen) atoms. The molecule has 2 unspecified atom stereocenters. The number of thioether (sulfide) groups is 1. The highest BCUT2D eigenvalue weighted by Crippen LogP contribution is 2.66. The Labute approximate surface area is 203 Å². The zero-order valence-corrected chi connectivity index (χ0v) is 20.2. The van der Waals surface area contributed by atoms with Crippen molar-refractivity contribution in [1.29, 1.82) is 0 Å². The van der Waals surface area contributed by atoms with E-state index in [9.17, 15) is 19.5 Å². The molecule has 4 rings (SSSR count). The van der Waals surface area contributed by atoms with Crippen LogP contribution in [-0.2, 0) is 14.4 Å². The fraction of sp³-hybridized carbons (Fsp3) is 0.560. The first-order valence-electron chi connectivity index (χ1n) is 11.8. The molecule has 8 nitrogen and oxygen atoms in total. The summed E-state index contributed by atoms with van der Waals surface area (Å²) in [6.45, 7) is 4.53. The minimum atomic E-state index is -0.955. The van der Waals surface area contributed by atoms with Crippen molar-refractivity contribution in [2.24, 2.45) is 11.8 Å². The molecule has 2 amide bonds. The predicted octanol–water partition coefficient (Wildman–Crippen LogP) is 2.55. The van der Waals surface area contributed by atoms with Crippen LogP contribution in [0.2, 0.25) is 0 Å². The number of aliphatic carboxylic acids is 1. The molecule has 3 heterocycles. The van der Waals surface area contributed by atoms with E-state index in [2.05, 4.69) is 6.58 Å². The number of carbonyl (C=O) groups excluding carboxylic acids is 2. The number of unbranched alkanes of at least 4 members (excludes halogenated alkanes) is 2. The number of fused-ring (bicyclic) bond motifs is 1. The summed E-state index contributed by atoms with van der Waals surface area (Å²) >= 11 is 1.53. The van der Waals surface area contributed by atoms with Crippen LogP contribution in [0.1, 0.15) is 32.1 Å². The molecule has 0 aliphatic carbocycles. The number of benzene rings is 1. The van der Waals surface area contributed by atoms with Gasteiger partial charge in [-0.1, -0.05) is 6.08 Å². The monoisotopic (exact) mass is 488 g/mol. The Morgan fingerprint density at radius 2 is 2.03 bits per heavy atom. The van der Waals surface area contributed by atoms with Crippen molar-refractivity contribution in [2.45, 2.75) is 48.1 Å². The Hall–Kier alpha value is -2.52. The topological polar surface area (TPSA) is 107 Å². The van der Waals surface area contributed by atoms with Gasteiger partial charge in [0.25, 0.3) is 5.91 Å². The molecule has 0 aromatic heterocycles. The van der Waals surface area contributed by atoms with Gasteiger partial charge in [0.1, 0.15) is 11.8 Å². The molecule has 5 atom stereocenters. The van der Waals surface area contributed by atoms with Gasteiger partial charge in [-0.2, -0.15) is 0 Å². The summed E-state index contributed by atoms with van der Waals surface area (Å²) < 4.78 is 4.51. The third kappa shape index (κ3) is 3.98. The number of carbonyl (C=O) groups is 3. The lowest BCUT2D eigenvalue weighted by Crippen LogP contribution is -2.55. The van der Waals surface area contributed by atoms with Gasteiger partial charge in [-0.3, -0.25) is 14.4 Å². The number of carboxylic acid groups (broad SMARTS) is 1. The number of nitrogens with zero attached hydrogens (tertiary/aromatic N) is 2. The normalized spacial score (nSPS) is 29.2. The number of aliphatic hydroxyl groups excluding tert-OH is 1. The zero-order valence-electron chi connectivity index (χ0n) is 19.4. The summed E-state index contributed by atoms with van der Waals surface area (Å²) in [5.74, 6) is -2.17. The van der Waals surface area contributed by atoms with Crippen molar-refractivity contribution in [3.63, 3.8) is 0 Å². The summed E-state index contributed by atoms with van der Waals surface area (Å²) in [5, 5.41) is 18.9. The molecule has 3 saturated heterocycles. The number of carboxylic acids is 1. The van der Waals surface area contributed by atoms with Gasteiger partial charge in [-0.25, -0.2) is 0 Å². The number of anilines is 1. The maximum absolute atomic E-state index is 14.2. The van der Waals surface area contributed by atoms with Crippen LogP contribution < -0.4 is 9.64 Å². The van der Waals surface area contributed by atoms with Crippen molar-refractivity contribution in [3.05, 3.63) is 36.9 Å². The Bertz CT molecular complexity index is 953. The van der Waals surface area contributed by atoms with Crippen LogP contribution >= 0.6 is 11.8 Å². The molecule has 0 radical (unpaired) electrons. The van der Waals surface area contributed by atoms with Gasteiger partial charge in [0.2, 0.25) is 5.91 Å². The second-order valence-corrected chi connectivity index (χ2v) is 10.7. The third-order valence-corrected chi connectivity index (χ3v) is 9.29. The largest absolute Gasteiger partial charge is 0.497 e. The Morgan fingerprint density at radius 3 is 2.65 bits per heavy atom. The molecule has 2 bridgehead atoms. The molecule has 1 spiro atoms. The molecule has 1 aromatic carbocycles. The van der Waals surface area contributed by atoms with Gasteiger partial charge in [0.05, 0.1) is 23.7 Å². The highest BCUT2D eigenvalue weighted by atomic mass is 32.2.